The van der Waals surface area contributed by atoms with Crippen LogP contribution in [-0.4, -0.2) is 73.0 Å². The minimum absolute atomic E-state index is 0.0625. The molecule has 2 N–H and O–H groups in total. The van der Waals surface area contributed by atoms with Crippen molar-refractivity contribution in [3.63, 3.8) is 0 Å². The fourth-order valence-electron chi connectivity index (χ4n) is 6.28. The lowest BCUT2D eigenvalue weighted by Gasteiger charge is -2.37. The first-order valence-corrected chi connectivity index (χ1v) is 13.6. The third-order valence-electron chi connectivity index (χ3n) is 8.53. The number of rotatable bonds is 8. The first-order valence-electron chi connectivity index (χ1n) is 13.6. The molecule has 0 radical (unpaired) electrons. The molecule has 4 atom stereocenters. The predicted molar refractivity (Wildman–Crippen MR) is 136 cm³/mol. The summed E-state index contributed by atoms with van der Waals surface area (Å²) >= 11 is 0. The fourth-order valence-corrected chi connectivity index (χ4v) is 6.28. The second-order valence-corrected chi connectivity index (χ2v) is 10.7. The van der Waals surface area contributed by atoms with Crippen molar-refractivity contribution >= 4 is 11.8 Å². The van der Waals surface area contributed by atoms with E-state index in [1.165, 1.54) is 24.8 Å². The van der Waals surface area contributed by atoms with Gasteiger partial charge in [-0.3, -0.25) is 9.59 Å². The van der Waals surface area contributed by atoms with Crippen molar-refractivity contribution in [2.45, 2.75) is 82.8 Å². The Morgan fingerprint density at radius 1 is 1.00 bits per heavy atom. The van der Waals surface area contributed by atoms with Crippen molar-refractivity contribution in [2.24, 2.45) is 11.8 Å². The summed E-state index contributed by atoms with van der Waals surface area (Å²) in [7, 11) is 1.79. The maximum atomic E-state index is 14.0. The van der Waals surface area contributed by atoms with Crippen LogP contribution in [-0.2, 0) is 16.0 Å². The number of nitrogens with one attached hydrogen (secondary N) is 2. The molecule has 0 spiro atoms. The summed E-state index contributed by atoms with van der Waals surface area (Å²) in [6.45, 7) is 5.81. The maximum absolute atomic E-state index is 14.0. The quantitative estimate of drug-likeness (QED) is 0.615. The molecule has 3 aliphatic rings. The Bertz CT molecular complexity index is 795. The molecule has 188 valence electrons. The summed E-state index contributed by atoms with van der Waals surface area (Å²) in [5, 5.41) is 6.20. The number of fused-ring (bicyclic) bond motifs is 1. The highest BCUT2D eigenvalue weighted by molar-refractivity contribution is 5.90. The van der Waals surface area contributed by atoms with Gasteiger partial charge in [0, 0.05) is 25.7 Å². The van der Waals surface area contributed by atoms with E-state index in [1.54, 1.807) is 7.05 Å². The first-order chi connectivity index (χ1) is 16.6. The number of amides is 2. The number of carbonyl (C=O) groups is 2. The molecule has 1 aromatic rings. The van der Waals surface area contributed by atoms with Gasteiger partial charge in [-0.1, -0.05) is 49.6 Å². The van der Waals surface area contributed by atoms with E-state index in [-0.39, 0.29) is 35.9 Å². The number of hydrogen-bond donors (Lipinski definition) is 2. The Labute approximate surface area is 205 Å². The maximum Gasteiger partial charge on any atom is 0.245 e. The van der Waals surface area contributed by atoms with E-state index in [0.29, 0.717) is 5.92 Å². The lowest BCUT2D eigenvalue weighted by molar-refractivity contribution is -0.140. The van der Waals surface area contributed by atoms with Crippen LogP contribution >= 0.6 is 0 Å². The van der Waals surface area contributed by atoms with Crippen molar-refractivity contribution in [1.82, 2.24) is 20.4 Å². The molecule has 6 heteroatoms. The van der Waals surface area contributed by atoms with Gasteiger partial charge in [0.2, 0.25) is 11.8 Å². The summed E-state index contributed by atoms with van der Waals surface area (Å²) < 4.78 is 0. The summed E-state index contributed by atoms with van der Waals surface area (Å²) in [5.41, 5.74) is 1.38. The van der Waals surface area contributed by atoms with E-state index in [9.17, 15) is 9.59 Å². The zero-order valence-corrected chi connectivity index (χ0v) is 21.2. The molecular weight excluding hydrogens is 424 g/mol. The largest absolute Gasteiger partial charge is 0.343 e. The number of nitrogens with zero attached hydrogens (tertiary/aromatic N) is 2. The topological polar surface area (TPSA) is 64.7 Å². The van der Waals surface area contributed by atoms with Crippen molar-refractivity contribution in [3.05, 3.63) is 35.9 Å². The van der Waals surface area contributed by atoms with Gasteiger partial charge in [0.25, 0.3) is 0 Å². The first kappa shape index (κ1) is 25.2. The molecule has 2 aliphatic heterocycles. The van der Waals surface area contributed by atoms with Gasteiger partial charge in [-0.15, -0.1) is 0 Å². The molecule has 6 nitrogen and oxygen atoms in total. The average Bonchev–Trinajstić information content (AvgIpc) is 3.16. The van der Waals surface area contributed by atoms with Crippen molar-refractivity contribution < 1.29 is 9.59 Å². The zero-order chi connectivity index (χ0) is 23.9. The van der Waals surface area contributed by atoms with E-state index in [0.717, 1.165) is 64.7 Å². The fraction of sp³-hybridized carbons (Fsp3) is 0.714. The van der Waals surface area contributed by atoms with Crippen LogP contribution in [0.15, 0.2) is 30.3 Å². The van der Waals surface area contributed by atoms with Gasteiger partial charge in [0.15, 0.2) is 0 Å². The molecule has 1 aromatic carbocycles. The summed E-state index contributed by atoms with van der Waals surface area (Å²) in [6.07, 6.45) is 10.2. The smallest absolute Gasteiger partial charge is 0.245 e. The predicted octanol–water partition coefficient (Wildman–Crippen LogP) is 3.22. The Morgan fingerprint density at radius 3 is 2.50 bits per heavy atom. The second-order valence-electron chi connectivity index (χ2n) is 10.7. The Balaban J connectivity index is 1.45. The molecule has 4 rings (SSSR count). The van der Waals surface area contributed by atoms with E-state index in [1.807, 2.05) is 6.92 Å². The minimum Gasteiger partial charge on any atom is -0.343 e. The van der Waals surface area contributed by atoms with Gasteiger partial charge in [-0.05, 0) is 76.4 Å². The van der Waals surface area contributed by atoms with Crippen molar-refractivity contribution in [2.75, 3.05) is 33.2 Å². The molecular formula is C28H44N4O2. The van der Waals surface area contributed by atoms with Crippen LogP contribution in [0.3, 0.4) is 0 Å². The second kappa shape index (κ2) is 12.2. The van der Waals surface area contributed by atoms with E-state index >= 15 is 0 Å². The third-order valence-corrected chi connectivity index (χ3v) is 8.53. The van der Waals surface area contributed by atoms with Crippen molar-refractivity contribution in [1.29, 1.82) is 0 Å². The SMILES string of the molecule is CN[C@@H](C)C(=O)N[C@H](C(=O)N1CC[C@H]2CCCN(CCc3ccccc3)C[C@H]21)C1CCCCC1. The number of likely N-dealkylation sites (N-methyl/N-ethyl adjacent to an activating group) is 1. The van der Waals surface area contributed by atoms with Crippen LogP contribution < -0.4 is 10.6 Å². The van der Waals surface area contributed by atoms with Gasteiger partial charge in [-0.25, -0.2) is 0 Å². The molecule has 34 heavy (non-hydrogen) atoms. The Hall–Kier alpha value is -1.92. The number of benzene rings is 1. The molecule has 0 bridgehead atoms. The van der Waals surface area contributed by atoms with E-state index in [4.69, 9.17) is 0 Å². The molecule has 2 heterocycles. The van der Waals surface area contributed by atoms with Gasteiger partial charge in [0.05, 0.1) is 6.04 Å². The van der Waals surface area contributed by atoms with Gasteiger partial charge >= 0.3 is 0 Å². The number of likely N-dealkylation sites (tertiary alicyclic amines) is 2. The number of carbonyl (C=O) groups excluding carboxylic acids is 2. The molecule has 0 aromatic heterocycles. The molecule has 2 amide bonds. The van der Waals surface area contributed by atoms with Crippen LogP contribution in [0.5, 0.6) is 0 Å². The highest BCUT2D eigenvalue weighted by atomic mass is 16.2. The van der Waals surface area contributed by atoms with Crippen LogP contribution in [0, 0.1) is 11.8 Å². The monoisotopic (exact) mass is 468 g/mol. The third kappa shape index (κ3) is 6.19. The van der Waals surface area contributed by atoms with Crippen LogP contribution in [0.4, 0.5) is 0 Å². The zero-order valence-electron chi connectivity index (χ0n) is 21.2. The average molecular weight is 469 g/mol. The van der Waals surface area contributed by atoms with Crippen LogP contribution in [0.1, 0.15) is 63.9 Å². The normalized spacial score (nSPS) is 25.9. The molecule has 0 unspecified atom stereocenters. The Morgan fingerprint density at radius 2 is 1.76 bits per heavy atom. The molecule has 1 saturated carbocycles. The molecule has 1 aliphatic carbocycles. The standard InChI is InChI=1S/C28H44N4O2/c1-21(29-2)27(33)30-26(24-12-7-4-8-13-24)28(34)32-19-16-23-14-9-17-31(20-25(23)32)18-15-22-10-5-3-6-11-22/h3,5-6,10-11,21,23-26,29H,4,7-9,12-20H2,1-2H3,(H,30,33)/t21-,23+,25+,26-/m0/s1. The minimum atomic E-state index is -0.386. The van der Waals surface area contributed by atoms with E-state index in [2.05, 4.69) is 50.8 Å². The molecule has 2 saturated heterocycles. The van der Waals surface area contributed by atoms with E-state index < -0.39 is 0 Å². The number of hydrogen-bond acceptors (Lipinski definition) is 4. The molecule has 3 fully saturated rings. The van der Waals surface area contributed by atoms with Gasteiger partial charge < -0.3 is 20.4 Å². The highest BCUT2D eigenvalue weighted by Gasteiger charge is 2.43. The lowest BCUT2D eigenvalue weighted by Crippen LogP contribution is -2.57. The Kier molecular flexibility index (Phi) is 9.01. The summed E-state index contributed by atoms with van der Waals surface area (Å²) in [4.78, 5) is 31.6. The van der Waals surface area contributed by atoms with Gasteiger partial charge in [-0.2, -0.15) is 0 Å². The lowest BCUT2D eigenvalue weighted by atomic mass is 9.83. The van der Waals surface area contributed by atoms with Crippen LogP contribution in [0.25, 0.3) is 0 Å². The van der Waals surface area contributed by atoms with Crippen LogP contribution in [0.2, 0.25) is 0 Å². The highest BCUT2D eigenvalue weighted by Crippen LogP contribution is 2.34. The summed E-state index contributed by atoms with van der Waals surface area (Å²) in [6, 6.07) is 10.3. The summed E-state index contributed by atoms with van der Waals surface area (Å²) in [5.74, 6) is 0.950. The van der Waals surface area contributed by atoms with Gasteiger partial charge in [0.1, 0.15) is 6.04 Å². The van der Waals surface area contributed by atoms with Crippen molar-refractivity contribution in [3.8, 4) is 0 Å².